The summed E-state index contributed by atoms with van der Waals surface area (Å²) in [7, 11) is 0. The number of hydrogen-bond acceptors (Lipinski definition) is 5. The maximum atomic E-state index is 13.8. The van der Waals surface area contributed by atoms with Crippen molar-refractivity contribution in [2.24, 2.45) is 5.73 Å². The molecule has 3 amide bonds. The van der Waals surface area contributed by atoms with Crippen molar-refractivity contribution in [2.75, 3.05) is 17.2 Å². The third-order valence-corrected chi connectivity index (χ3v) is 3.80. The molecule has 4 N–H and O–H groups in total. The van der Waals surface area contributed by atoms with E-state index in [1.54, 1.807) is 24.3 Å². The van der Waals surface area contributed by atoms with Gasteiger partial charge in [0.1, 0.15) is 17.4 Å². The first-order valence-electron chi connectivity index (χ1n) is 8.50. The molecule has 1 aromatic heterocycles. The minimum absolute atomic E-state index is 0.123. The molecule has 0 saturated carbocycles. The van der Waals surface area contributed by atoms with E-state index in [0.29, 0.717) is 11.8 Å². The van der Waals surface area contributed by atoms with Crippen molar-refractivity contribution in [3.8, 4) is 5.75 Å². The van der Waals surface area contributed by atoms with Crippen LogP contribution in [0.1, 0.15) is 20.9 Å². The molecule has 8 nitrogen and oxygen atoms in total. The van der Waals surface area contributed by atoms with Gasteiger partial charge in [0.15, 0.2) is 12.4 Å². The summed E-state index contributed by atoms with van der Waals surface area (Å²) < 4.78 is 37.6. The number of benzene rings is 2. The van der Waals surface area contributed by atoms with E-state index < -0.39 is 47.2 Å². The molecule has 0 aliphatic carbocycles. The predicted molar refractivity (Wildman–Crippen MR) is 102 cm³/mol. The Labute approximate surface area is 168 Å². The Balaban J connectivity index is 1.61. The molecule has 0 fully saturated rings. The van der Waals surface area contributed by atoms with Crippen LogP contribution >= 0.6 is 0 Å². The van der Waals surface area contributed by atoms with Crippen LogP contribution < -0.4 is 21.1 Å². The minimum Gasteiger partial charge on any atom is -0.484 e. The Morgan fingerprint density at radius 1 is 1.00 bits per heavy atom. The molecule has 30 heavy (non-hydrogen) atoms. The summed E-state index contributed by atoms with van der Waals surface area (Å²) in [6, 6.07) is 10.5. The molecule has 3 rings (SSSR count). The molecular formula is C20H15F2N3O5. The first-order valence-corrected chi connectivity index (χ1v) is 8.50. The molecule has 1 heterocycles. The average Bonchev–Trinajstić information content (AvgIpc) is 3.23. The van der Waals surface area contributed by atoms with Gasteiger partial charge in [0.25, 0.3) is 17.7 Å². The number of hydrogen-bond donors (Lipinski definition) is 3. The molecule has 10 heteroatoms. The Hall–Kier alpha value is -4.21. The Kier molecular flexibility index (Phi) is 6.06. The monoisotopic (exact) mass is 415 g/mol. The zero-order chi connectivity index (χ0) is 21.7. The number of anilines is 2. The molecule has 2 aromatic carbocycles. The molecule has 0 aliphatic heterocycles. The van der Waals surface area contributed by atoms with Crippen molar-refractivity contribution in [2.45, 2.75) is 0 Å². The molecular weight excluding hydrogens is 400 g/mol. The van der Waals surface area contributed by atoms with Crippen molar-refractivity contribution >= 4 is 29.1 Å². The van der Waals surface area contributed by atoms with Gasteiger partial charge in [0.2, 0.25) is 0 Å². The maximum absolute atomic E-state index is 13.8. The number of primary amides is 1. The Morgan fingerprint density at radius 3 is 2.50 bits per heavy atom. The molecule has 0 bridgehead atoms. The smallest absolute Gasteiger partial charge is 0.291 e. The number of halogens is 2. The third-order valence-electron chi connectivity index (χ3n) is 3.80. The molecule has 0 aliphatic rings. The fourth-order valence-electron chi connectivity index (χ4n) is 2.43. The van der Waals surface area contributed by atoms with E-state index in [9.17, 15) is 23.2 Å². The van der Waals surface area contributed by atoms with Gasteiger partial charge in [0.05, 0.1) is 17.5 Å². The van der Waals surface area contributed by atoms with Gasteiger partial charge >= 0.3 is 0 Å². The summed E-state index contributed by atoms with van der Waals surface area (Å²) in [5, 5.41) is 4.77. The molecule has 0 unspecified atom stereocenters. The second-order valence-corrected chi connectivity index (χ2v) is 5.97. The predicted octanol–water partition coefficient (Wildman–Crippen LogP) is 2.93. The molecule has 3 aromatic rings. The van der Waals surface area contributed by atoms with Crippen LogP contribution in [-0.4, -0.2) is 24.3 Å². The largest absolute Gasteiger partial charge is 0.484 e. The van der Waals surface area contributed by atoms with Crippen molar-refractivity contribution in [1.29, 1.82) is 0 Å². The minimum atomic E-state index is -1.14. The third kappa shape index (κ3) is 4.98. The maximum Gasteiger partial charge on any atom is 0.291 e. The van der Waals surface area contributed by atoms with E-state index in [2.05, 4.69) is 10.6 Å². The lowest BCUT2D eigenvalue weighted by molar-refractivity contribution is -0.118. The van der Waals surface area contributed by atoms with E-state index >= 15 is 0 Å². The van der Waals surface area contributed by atoms with Crippen LogP contribution in [-0.2, 0) is 4.79 Å². The number of nitrogens with one attached hydrogen (secondary N) is 2. The summed E-state index contributed by atoms with van der Waals surface area (Å²) in [4.78, 5) is 35.2. The van der Waals surface area contributed by atoms with Crippen LogP contribution in [0.5, 0.6) is 5.75 Å². The van der Waals surface area contributed by atoms with E-state index in [4.69, 9.17) is 14.9 Å². The van der Waals surface area contributed by atoms with Gasteiger partial charge in [-0.2, -0.15) is 0 Å². The molecule has 0 radical (unpaired) electrons. The van der Waals surface area contributed by atoms with Gasteiger partial charge in [-0.15, -0.1) is 0 Å². The summed E-state index contributed by atoms with van der Waals surface area (Å²) in [5.74, 6) is -4.17. The topological polar surface area (TPSA) is 124 Å². The number of furan rings is 1. The van der Waals surface area contributed by atoms with Gasteiger partial charge in [-0.3, -0.25) is 14.4 Å². The summed E-state index contributed by atoms with van der Waals surface area (Å²) in [6.45, 7) is -0.516. The lowest BCUT2D eigenvalue weighted by Crippen LogP contribution is -2.22. The van der Waals surface area contributed by atoms with Crippen LogP contribution in [0.25, 0.3) is 0 Å². The fourth-order valence-corrected chi connectivity index (χ4v) is 2.43. The zero-order valence-electron chi connectivity index (χ0n) is 15.3. The first kappa shape index (κ1) is 20.5. The number of carbonyl (C=O) groups is 3. The Bertz CT molecular complexity index is 1100. The number of carbonyl (C=O) groups excluding carboxylic acids is 3. The highest BCUT2D eigenvalue weighted by Gasteiger charge is 2.16. The lowest BCUT2D eigenvalue weighted by Gasteiger charge is -2.11. The number of ether oxygens (including phenoxy) is 1. The van der Waals surface area contributed by atoms with Crippen molar-refractivity contribution in [3.63, 3.8) is 0 Å². The normalized spacial score (nSPS) is 10.3. The van der Waals surface area contributed by atoms with Crippen LogP contribution in [0.4, 0.5) is 20.2 Å². The molecule has 154 valence electrons. The SMILES string of the molecule is NC(=O)c1cc(NC(=O)COc2cccc(NC(=O)c3ccco3)c2)c(F)cc1F. The van der Waals surface area contributed by atoms with Gasteiger partial charge in [-0.1, -0.05) is 6.07 Å². The van der Waals surface area contributed by atoms with Crippen LogP contribution in [0.2, 0.25) is 0 Å². The second-order valence-electron chi connectivity index (χ2n) is 5.97. The highest BCUT2D eigenvalue weighted by atomic mass is 19.1. The second kappa shape index (κ2) is 8.86. The molecule has 0 atom stereocenters. The highest BCUT2D eigenvalue weighted by molar-refractivity contribution is 6.02. The van der Waals surface area contributed by atoms with Crippen molar-refractivity contribution in [3.05, 3.63) is 77.8 Å². The van der Waals surface area contributed by atoms with E-state index in [-0.39, 0.29) is 11.5 Å². The van der Waals surface area contributed by atoms with Crippen molar-refractivity contribution in [1.82, 2.24) is 0 Å². The quantitative estimate of drug-likeness (QED) is 0.547. The van der Waals surface area contributed by atoms with Crippen molar-refractivity contribution < 1.29 is 32.3 Å². The van der Waals surface area contributed by atoms with Gasteiger partial charge in [0, 0.05) is 17.8 Å². The number of rotatable bonds is 7. The number of amides is 3. The van der Waals surface area contributed by atoms with Crippen LogP contribution in [0.15, 0.2) is 59.2 Å². The lowest BCUT2D eigenvalue weighted by atomic mass is 10.1. The fraction of sp³-hybridized carbons (Fsp3) is 0.0500. The van der Waals surface area contributed by atoms with E-state index in [1.165, 1.54) is 18.4 Å². The standard InChI is InChI=1S/C20H15F2N3O5/c21-14-9-15(22)16(8-13(14)19(23)27)25-18(26)10-30-12-4-1-3-11(7-12)24-20(28)17-5-2-6-29-17/h1-9H,10H2,(H2,23,27)(H,24,28)(H,25,26). The van der Waals surface area contributed by atoms with Gasteiger partial charge in [-0.25, -0.2) is 8.78 Å². The molecule has 0 saturated heterocycles. The van der Waals surface area contributed by atoms with Gasteiger partial charge in [-0.05, 0) is 30.3 Å². The summed E-state index contributed by atoms with van der Waals surface area (Å²) in [5.41, 5.74) is 4.42. The zero-order valence-corrected chi connectivity index (χ0v) is 15.3. The number of nitrogens with two attached hydrogens (primary N) is 1. The highest BCUT2D eigenvalue weighted by Crippen LogP contribution is 2.21. The Morgan fingerprint density at radius 2 is 1.80 bits per heavy atom. The summed E-state index contributed by atoms with van der Waals surface area (Å²) in [6.07, 6.45) is 1.36. The average molecular weight is 415 g/mol. The van der Waals surface area contributed by atoms with E-state index in [0.717, 1.165) is 6.07 Å². The van der Waals surface area contributed by atoms with Crippen LogP contribution in [0, 0.1) is 11.6 Å². The summed E-state index contributed by atoms with van der Waals surface area (Å²) >= 11 is 0. The first-order chi connectivity index (χ1) is 14.3. The van der Waals surface area contributed by atoms with E-state index in [1.807, 2.05) is 0 Å². The molecule has 0 spiro atoms. The van der Waals surface area contributed by atoms with Gasteiger partial charge < -0.3 is 25.5 Å². The van der Waals surface area contributed by atoms with Crippen LogP contribution in [0.3, 0.4) is 0 Å².